The summed E-state index contributed by atoms with van der Waals surface area (Å²) in [5.41, 5.74) is 2.32. The molecule has 2 N–H and O–H groups in total. The monoisotopic (exact) mass is 398 g/mol. The van der Waals surface area contributed by atoms with E-state index in [2.05, 4.69) is 15.6 Å². The molecule has 0 aliphatic rings. The summed E-state index contributed by atoms with van der Waals surface area (Å²) in [5, 5.41) is 5.41. The van der Waals surface area contributed by atoms with Gasteiger partial charge >= 0.3 is 6.09 Å². The Morgan fingerprint density at radius 3 is 2.38 bits per heavy atom. The molecule has 0 saturated heterocycles. The quantitative estimate of drug-likeness (QED) is 0.567. The van der Waals surface area contributed by atoms with Gasteiger partial charge in [0, 0.05) is 31.0 Å². The predicted octanol–water partition coefficient (Wildman–Crippen LogP) is 4.00. The van der Waals surface area contributed by atoms with Crippen molar-refractivity contribution in [3.63, 3.8) is 0 Å². The molecule has 2 rings (SSSR count). The summed E-state index contributed by atoms with van der Waals surface area (Å²) >= 11 is 0. The molecule has 0 aromatic heterocycles. The Hall–Kier alpha value is -3.55. The number of methoxy groups -OCH3 is 1. The van der Waals surface area contributed by atoms with E-state index in [1.54, 1.807) is 26.1 Å². The average Bonchev–Trinajstić information content (AvgIpc) is 2.73. The Morgan fingerprint density at radius 2 is 1.79 bits per heavy atom. The molecule has 0 spiro atoms. The molecule has 0 unspecified atom stereocenters. The third kappa shape index (κ3) is 5.71. The molecule has 8 heteroatoms. The summed E-state index contributed by atoms with van der Waals surface area (Å²) in [6, 6.07) is 12.2. The molecule has 0 saturated carbocycles. The molecule has 2 aromatic carbocycles. The molecule has 0 aliphatic heterocycles. The number of rotatable bonds is 6. The molecular formula is C21H26N4O4. The minimum atomic E-state index is -0.617. The Bertz CT molecular complexity index is 894. The zero-order valence-electron chi connectivity index (χ0n) is 17.3. The predicted molar refractivity (Wildman–Crippen MR) is 115 cm³/mol. The normalized spacial score (nSPS) is 10.9. The fraction of sp³-hybridized carbons (Fsp3) is 0.286. The molecule has 8 nitrogen and oxygen atoms in total. The summed E-state index contributed by atoms with van der Waals surface area (Å²) < 4.78 is 10.1. The standard InChI is InChI=1S/C21H26N4O4/c1-6-29-21(27)24-18-13-15(7-12-19(18)28-5)20(26)23-16-8-10-17(11-9-16)25(4)14(2)22-3/h7-13H,6H2,1-5H3,(H,23,26)(H,24,27). The molecule has 2 amide bonds. The maximum Gasteiger partial charge on any atom is 0.411 e. The summed E-state index contributed by atoms with van der Waals surface area (Å²) in [4.78, 5) is 30.4. The second-order valence-electron chi connectivity index (χ2n) is 6.09. The Balaban J connectivity index is 2.15. The van der Waals surface area contributed by atoms with Gasteiger partial charge < -0.3 is 19.7 Å². The third-order valence-corrected chi connectivity index (χ3v) is 4.30. The molecule has 0 fully saturated rings. The zero-order valence-corrected chi connectivity index (χ0v) is 17.3. The van der Waals surface area contributed by atoms with Gasteiger partial charge in [-0.25, -0.2) is 4.79 Å². The van der Waals surface area contributed by atoms with Gasteiger partial charge in [0.1, 0.15) is 5.75 Å². The van der Waals surface area contributed by atoms with Crippen LogP contribution in [0.3, 0.4) is 0 Å². The minimum Gasteiger partial charge on any atom is -0.495 e. The average molecular weight is 398 g/mol. The van der Waals surface area contributed by atoms with E-state index in [9.17, 15) is 9.59 Å². The second-order valence-corrected chi connectivity index (χ2v) is 6.09. The van der Waals surface area contributed by atoms with Gasteiger partial charge in [0.2, 0.25) is 0 Å². The summed E-state index contributed by atoms with van der Waals surface area (Å²) in [5.74, 6) is 0.989. The van der Waals surface area contributed by atoms with Crippen molar-refractivity contribution in [1.82, 2.24) is 0 Å². The topological polar surface area (TPSA) is 92.3 Å². The largest absolute Gasteiger partial charge is 0.495 e. The van der Waals surface area contributed by atoms with E-state index in [0.29, 0.717) is 22.7 Å². The summed E-state index contributed by atoms with van der Waals surface area (Å²) in [7, 11) is 5.14. The van der Waals surface area contributed by atoms with Gasteiger partial charge in [0.25, 0.3) is 5.91 Å². The third-order valence-electron chi connectivity index (χ3n) is 4.30. The SMILES string of the molecule is CCOC(=O)Nc1cc(C(=O)Nc2ccc(N(C)C(C)=NC)cc2)ccc1OC. The molecule has 0 atom stereocenters. The zero-order chi connectivity index (χ0) is 21.4. The lowest BCUT2D eigenvalue weighted by Gasteiger charge is -2.18. The maximum absolute atomic E-state index is 12.6. The van der Waals surface area contributed by atoms with Crippen LogP contribution in [0.5, 0.6) is 5.75 Å². The molecular weight excluding hydrogens is 372 g/mol. The number of aliphatic imine (C=N–C) groups is 1. The van der Waals surface area contributed by atoms with Crippen molar-refractivity contribution in [3.8, 4) is 5.75 Å². The van der Waals surface area contributed by atoms with Gasteiger partial charge in [-0.15, -0.1) is 0 Å². The highest BCUT2D eigenvalue weighted by atomic mass is 16.5. The lowest BCUT2D eigenvalue weighted by atomic mass is 10.1. The first-order valence-corrected chi connectivity index (χ1v) is 9.10. The second kappa shape index (κ2) is 10.1. The number of carbonyl (C=O) groups is 2. The number of ether oxygens (including phenoxy) is 2. The molecule has 29 heavy (non-hydrogen) atoms. The maximum atomic E-state index is 12.6. The van der Waals surface area contributed by atoms with Crippen molar-refractivity contribution in [2.45, 2.75) is 13.8 Å². The summed E-state index contributed by atoms with van der Waals surface area (Å²) in [6.45, 7) is 3.87. The highest BCUT2D eigenvalue weighted by Gasteiger charge is 2.13. The molecule has 0 radical (unpaired) electrons. The lowest BCUT2D eigenvalue weighted by Crippen LogP contribution is -2.23. The van der Waals surface area contributed by atoms with Gasteiger partial charge in [-0.05, 0) is 56.3 Å². The van der Waals surface area contributed by atoms with E-state index >= 15 is 0 Å². The minimum absolute atomic E-state index is 0.239. The van der Waals surface area contributed by atoms with Crippen molar-refractivity contribution < 1.29 is 19.1 Å². The van der Waals surface area contributed by atoms with Crippen LogP contribution in [0, 0.1) is 0 Å². The number of amidine groups is 1. The van der Waals surface area contributed by atoms with Crippen LogP contribution < -0.4 is 20.3 Å². The van der Waals surface area contributed by atoms with Crippen LogP contribution in [0.15, 0.2) is 47.5 Å². The number of carbonyl (C=O) groups excluding carboxylic acids is 2. The molecule has 0 heterocycles. The highest BCUT2D eigenvalue weighted by molar-refractivity contribution is 6.05. The Morgan fingerprint density at radius 1 is 1.10 bits per heavy atom. The van der Waals surface area contributed by atoms with E-state index in [-0.39, 0.29) is 12.5 Å². The lowest BCUT2D eigenvalue weighted by molar-refractivity contribution is 0.102. The van der Waals surface area contributed by atoms with E-state index < -0.39 is 6.09 Å². The van der Waals surface area contributed by atoms with Crippen molar-refractivity contribution in [1.29, 1.82) is 0 Å². The number of anilines is 3. The van der Waals surface area contributed by atoms with Gasteiger partial charge in [0.15, 0.2) is 0 Å². The van der Waals surface area contributed by atoms with Crippen molar-refractivity contribution >= 4 is 34.9 Å². The Labute approximate surface area is 170 Å². The number of nitrogens with zero attached hydrogens (tertiary/aromatic N) is 2. The van der Waals surface area contributed by atoms with Crippen molar-refractivity contribution in [2.24, 2.45) is 4.99 Å². The van der Waals surface area contributed by atoms with E-state index in [4.69, 9.17) is 9.47 Å². The van der Waals surface area contributed by atoms with Gasteiger partial charge in [-0.2, -0.15) is 0 Å². The van der Waals surface area contributed by atoms with Gasteiger partial charge in [-0.3, -0.25) is 15.1 Å². The van der Waals surface area contributed by atoms with E-state index in [0.717, 1.165) is 11.5 Å². The molecule has 0 bridgehead atoms. The number of nitrogens with one attached hydrogen (secondary N) is 2. The molecule has 0 aliphatic carbocycles. The van der Waals surface area contributed by atoms with E-state index in [1.807, 2.05) is 43.1 Å². The van der Waals surface area contributed by atoms with Crippen LogP contribution in [0.25, 0.3) is 0 Å². The molecule has 154 valence electrons. The van der Waals surface area contributed by atoms with Crippen LogP contribution in [0.4, 0.5) is 21.9 Å². The smallest absolute Gasteiger partial charge is 0.411 e. The van der Waals surface area contributed by atoms with Crippen molar-refractivity contribution in [2.75, 3.05) is 43.3 Å². The number of hydrogen-bond donors (Lipinski definition) is 2. The first-order valence-electron chi connectivity index (χ1n) is 9.10. The van der Waals surface area contributed by atoms with Crippen LogP contribution in [-0.2, 0) is 4.74 Å². The number of hydrogen-bond acceptors (Lipinski definition) is 5. The van der Waals surface area contributed by atoms with E-state index in [1.165, 1.54) is 13.2 Å². The fourth-order valence-electron chi connectivity index (χ4n) is 2.53. The van der Waals surface area contributed by atoms with Crippen LogP contribution in [0.1, 0.15) is 24.2 Å². The van der Waals surface area contributed by atoms with Crippen LogP contribution in [0.2, 0.25) is 0 Å². The van der Waals surface area contributed by atoms with Gasteiger partial charge in [-0.1, -0.05) is 0 Å². The van der Waals surface area contributed by atoms with Crippen molar-refractivity contribution in [3.05, 3.63) is 48.0 Å². The Kier molecular flexibility index (Phi) is 7.59. The first kappa shape index (κ1) is 21.7. The fourth-order valence-corrected chi connectivity index (χ4v) is 2.53. The van der Waals surface area contributed by atoms with Crippen LogP contribution in [-0.4, -0.2) is 45.6 Å². The number of benzene rings is 2. The summed E-state index contributed by atoms with van der Waals surface area (Å²) in [6.07, 6.45) is -0.617. The number of amides is 2. The van der Waals surface area contributed by atoms with Crippen LogP contribution >= 0.6 is 0 Å². The molecule has 2 aromatic rings. The highest BCUT2D eigenvalue weighted by Crippen LogP contribution is 2.26. The van der Waals surface area contributed by atoms with Gasteiger partial charge in [0.05, 0.1) is 25.2 Å². The first-order chi connectivity index (χ1) is 13.9.